The smallest absolute Gasteiger partial charge is 0.231 e. The average Bonchev–Trinajstić information content (AvgIpc) is 3.18. The van der Waals surface area contributed by atoms with Crippen LogP contribution in [0.4, 0.5) is 0 Å². The number of fused-ring (bicyclic) bond motifs is 1. The van der Waals surface area contributed by atoms with E-state index in [4.69, 9.17) is 14.2 Å². The lowest BCUT2D eigenvalue weighted by Gasteiger charge is -2.40. The van der Waals surface area contributed by atoms with Crippen LogP contribution in [0, 0.1) is 5.92 Å². The second kappa shape index (κ2) is 7.97. The van der Waals surface area contributed by atoms with Crippen molar-refractivity contribution in [1.82, 2.24) is 10.2 Å². The Bertz CT molecular complexity index is 677. The molecule has 2 saturated heterocycles. The van der Waals surface area contributed by atoms with Crippen LogP contribution in [0.5, 0.6) is 11.5 Å². The quantitative estimate of drug-likeness (QED) is 0.652. The van der Waals surface area contributed by atoms with Crippen molar-refractivity contribution >= 4 is 5.96 Å². The van der Waals surface area contributed by atoms with Crippen LogP contribution in [0.2, 0.25) is 0 Å². The van der Waals surface area contributed by atoms with Gasteiger partial charge in [0.1, 0.15) is 0 Å². The van der Waals surface area contributed by atoms with Gasteiger partial charge < -0.3 is 24.4 Å². The van der Waals surface area contributed by atoms with Gasteiger partial charge in [-0.2, -0.15) is 0 Å². The molecule has 3 aliphatic rings. The van der Waals surface area contributed by atoms with Gasteiger partial charge >= 0.3 is 0 Å². The molecule has 0 bridgehead atoms. The van der Waals surface area contributed by atoms with E-state index >= 15 is 0 Å². The van der Waals surface area contributed by atoms with Crippen molar-refractivity contribution in [2.45, 2.75) is 38.0 Å². The van der Waals surface area contributed by atoms with Gasteiger partial charge in [-0.1, -0.05) is 13.0 Å². The Morgan fingerprint density at radius 3 is 2.67 bits per heavy atom. The van der Waals surface area contributed by atoms with E-state index in [1.54, 1.807) is 0 Å². The molecule has 0 aliphatic carbocycles. The fourth-order valence-electron chi connectivity index (χ4n) is 4.36. The van der Waals surface area contributed by atoms with Crippen molar-refractivity contribution in [1.29, 1.82) is 0 Å². The minimum atomic E-state index is 0.0260. The standard InChI is InChI=1S/C21H31N3O3/c1-16-5-9-24(10-6-16)20(22-2)23-14-21(7-11-25-12-8-21)17-3-4-18-19(13-17)27-15-26-18/h3-4,13,16H,5-12,14-15H2,1-2H3,(H,22,23). The molecule has 0 saturated carbocycles. The van der Waals surface area contributed by atoms with Gasteiger partial charge in [0.25, 0.3) is 0 Å². The van der Waals surface area contributed by atoms with Crippen molar-refractivity contribution in [3.63, 3.8) is 0 Å². The first-order valence-corrected chi connectivity index (χ1v) is 10.1. The third-order valence-electron chi connectivity index (χ3n) is 6.31. The predicted molar refractivity (Wildman–Crippen MR) is 106 cm³/mol. The number of aliphatic imine (C=N–C) groups is 1. The number of hydrogen-bond donors (Lipinski definition) is 1. The average molecular weight is 373 g/mol. The molecule has 0 aromatic heterocycles. The molecule has 27 heavy (non-hydrogen) atoms. The number of guanidine groups is 1. The number of rotatable bonds is 3. The van der Waals surface area contributed by atoms with Gasteiger partial charge in [0.05, 0.1) is 0 Å². The molecular formula is C21H31N3O3. The van der Waals surface area contributed by atoms with Gasteiger partial charge in [-0.25, -0.2) is 0 Å². The SMILES string of the molecule is CN=C(NCC1(c2ccc3c(c2)OCO3)CCOCC1)N1CCC(C)CC1. The van der Waals surface area contributed by atoms with Crippen molar-refractivity contribution in [2.24, 2.45) is 10.9 Å². The van der Waals surface area contributed by atoms with Crippen LogP contribution < -0.4 is 14.8 Å². The highest BCUT2D eigenvalue weighted by atomic mass is 16.7. The molecule has 1 aromatic rings. The summed E-state index contributed by atoms with van der Waals surface area (Å²) in [6, 6.07) is 6.38. The predicted octanol–water partition coefficient (Wildman–Crippen LogP) is 2.77. The van der Waals surface area contributed by atoms with Gasteiger partial charge in [0, 0.05) is 45.3 Å². The molecule has 1 aromatic carbocycles. The van der Waals surface area contributed by atoms with Crippen LogP contribution in [0.3, 0.4) is 0 Å². The Hall–Kier alpha value is -1.95. The molecule has 0 spiro atoms. The number of hydrogen-bond acceptors (Lipinski definition) is 4. The fourth-order valence-corrected chi connectivity index (χ4v) is 4.36. The van der Waals surface area contributed by atoms with Gasteiger partial charge in [0.2, 0.25) is 6.79 Å². The van der Waals surface area contributed by atoms with Crippen LogP contribution in [0.1, 0.15) is 38.2 Å². The Morgan fingerprint density at radius 1 is 1.19 bits per heavy atom. The molecule has 148 valence electrons. The zero-order chi connectivity index (χ0) is 18.7. The van der Waals surface area contributed by atoms with E-state index in [1.807, 2.05) is 13.1 Å². The minimum absolute atomic E-state index is 0.0260. The number of benzene rings is 1. The summed E-state index contributed by atoms with van der Waals surface area (Å²) in [5.41, 5.74) is 1.32. The van der Waals surface area contributed by atoms with E-state index in [0.717, 1.165) is 69.1 Å². The number of ether oxygens (including phenoxy) is 3. The normalized spacial score (nSPS) is 22.7. The topological polar surface area (TPSA) is 55.3 Å². The largest absolute Gasteiger partial charge is 0.454 e. The van der Waals surface area contributed by atoms with Crippen molar-refractivity contribution in [3.05, 3.63) is 23.8 Å². The van der Waals surface area contributed by atoms with E-state index in [2.05, 4.69) is 34.3 Å². The zero-order valence-corrected chi connectivity index (χ0v) is 16.5. The van der Waals surface area contributed by atoms with E-state index in [-0.39, 0.29) is 5.41 Å². The van der Waals surface area contributed by atoms with E-state index in [1.165, 1.54) is 18.4 Å². The summed E-state index contributed by atoms with van der Waals surface area (Å²) in [5.74, 6) is 3.53. The maximum atomic E-state index is 5.68. The summed E-state index contributed by atoms with van der Waals surface area (Å²) >= 11 is 0. The molecule has 6 heteroatoms. The van der Waals surface area contributed by atoms with Crippen molar-refractivity contribution in [2.75, 3.05) is 46.7 Å². The van der Waals surface area contributed by atoms with E-state index < -0.39 is 0 Å². The Kier molecular flexibility index (Phi) is 5.43. The molecule has 3 aliphatic heterocycles. The van der Waals surface area contributed by atoms with Gasteiger partial charge in [-0.05, 0) is 49.3 Å². The number of nitrogens with one attached hydrogen (secondary N) is 1. The summed E-state index contributed by atoms with van der Waals surface area (Å²) in [7, 11) is 1.89. The first kappa shape index (κ1) is 18.4. The van der Waals surface area contributed by atoms with Crippen LogP contribution >= 0.6 is 0 Å². The van der Waals surface area contributed by atoms with Gasteiger partial charge in [-0.3, -0.25) is 4.99 Å². The molecule has 0 amide bonds. The maximum absolute atomic E-state index is 5.68. The summed E-state index contributed by atoms with van der Waals surface area (Å²) in [6.07, 6.45) is 4.46. The molecule has 6 nitrogen and oxygen atoms in total. The highest BCUT2D eigenvalue weighted by Gasteiger charge is 2.36. The van der Waals surface area contributed by atoms with Crippen LogP contribution in [0.25, 0.3) is 0 Å². The summed E-state index contributed by atoms with van der Waals surface area (Å²) in [5, 5.41) is 3.68. The summed E-state index contributed by atoms with van der Waals surface area (Å²) < 4.78 is 16.8. The zero-order valence-electron chi connectivity index (χ0n) is 16.5. The fraction of sp³-hybridized carbons (Fsp3) is 0.667. The molecular weight excluding hydrogens is 342 g/mol. The summed E-state index contributed by atoms with van der Waals surface area (Å²) in [6.45, 7) is 7.25. The maximum Gasteiger partial charge on any atom is 0.231 e. The van der Waals surface area contributed by atoms with Crippen molar-refractivity contribution in [3.8, 4) is 11.5 Å². The number of likely N-dealkylation sites (tertiary alicyclic amines) is 1. The molecule has 2 fully saturated rings. The third-order valence-corrected chi connectivity index (χ3v) is 6.31. The lowest BCUT2D eigenvalue weighted by Crippen LogP contribution is -2.51. The molecule has 4 rings (SSSR count). The van der Waals surface area contributed by atoms with E-state index in [9.17, 15) is 0 Å². The highest BCUT2D eigenvalue weighted by molar-refractivity contribution is 5.80. The molecule has 0 unspecified atom stereocenters. The van der Waals surface area contributed by atoms with Gasteiger partial charge in [-0.15, -0.1) is 0 Å². The summed E-state index contributed by atoms with van der Waals surface area (Å²) in [4.78, 5) is 6.95. The monoisotopic (exact) mass is 373 g/mol. The second-order valence-electron chi connectivity index (χ2n) is 8.03. The first-order chi connectivity index (χ1) is 13.2. The number of piperidine rings is 1. The third kappa shape index (κ3) is 3.86. The van der Waals surface area contributed by atoms with Crippen LogP contribution in [-0.2, 0) is 10.2 Å². The Morgan fingerprint density at radius 2 is 1.93 bits per heavy atom. The van der Waals surface area contributed by atoms with Gasteiger partial charge in [0.15, 0.2) is 17.5 Å². The molecule has 1 N–H and O–H groups in total. The van der Waals surface area contributed by atoms with E-state index in [0.29, 0.717) is 6.79 Å². The Labute approximate surface area is 161 Å². The first-order valence-electron chi connectivity index (χ1n) is 10.1. The molecule has 0 radical (unpaired) electrons. The molecule has 3 heterocycles. The second-order valence-corrected chi connectivity index (χ2v) is 8.03. The van der Waals surface area contributed by atoms with Crippen LogP contribution in [-0.4, -0.2) is 57.5 Å². The number of nitrogens with zero attached hydrogens (tertiary/aromatic N) is 2. The molecule has 0 atom stereocenters. The Balaban J connectivity index is 1.50. The minimum Gasteiger partial charge on any atom is -0.454 e. The lowest BCUT2D eigenvalue weighted by atomic mass is 9.74. The van der Waals surface area contributed by atoms with Crippen LogP contribution in [0.15, 0.2) is 23.2 Å². The van der Waals surface area contributed by atoms with Crippen molar-refractivity contribution < 1.29 is 14.2 Å². The highest BCUT2D eigenvalue weighted by Crippen LogP contribution is 2.40. The lowest BCUT2D eigenvalue weighted by molar-refractivity contribution is 0.0510.